The van der Waals surface area contributed by atoms with Gasteiger partial charge in [0.25, 0.3) is 0 Å². The van der Waals surface area contributed by atoms with Gasteiger partial charge in [-0.25, -0.2) is 0 Å². The third-order valence-electron chi connectivity index (χ3n) is 3.50. The molecule has 1 aromatic carbocycles. The molecule has 3 heteroatoms. The van der Waals surface area contributed by atoms with Crippen LogP contribution in [-0.4, -0.2) is 23.6 Å². The molecule has 0 amide bonds. The molecule has 0 bridgehead atoms. The Kier molecular flexibility index (Phi) is 4.97. The molecule has 0 aromatic heterocycles. The highest BCUT2D eigenvalue weighted by Gasteiger charge is 2.31. The summed E-state index contributed by atoms with van der Waals surface area (Å²) in [6, 6.07) is 9.76. The molecule has 1 heterocycles. The van der Waals surface area contributed by atoms with E-state index in [0.717, 1.165) is 12.0 Å². The molecule has 1 saturated heterocycles. The van der Waals surface area contributed by atoms with E-state index in [4.69, 9.17) is 9.47 Å². The maximum absolute atomic E-state index is 10.2. The van der Waals surface area contributed by atoms with Gasteiger partial charge in [0.2, 0.25) is 0 Å². The molecule has 0 saturated carbocycles. The maximum Gasteiger partial charge on any atom is 0.163 e. The second-order valence-corrected chi connectivity index (χ2v) is 5.87. The van der Waals surface area contributed by atoms with E-state index in [1.54, 1.807) is 0 Å². The molecule has 2 atom stereocenters. The van der Waals surface area contributed by atoms with Gasteiger partial charge in [0.05, 0.1) is 18.8 Å². The fourth-order valence-electron chi connectivity index (χ4n) is 2.39. The van der Waals surface area contributed by atoms with Crippen molar-refractivity contribution in [1.29, 1.82) is 0 Å². The summed E-state index contributed by atoms with van der Waals surface area (Å²) in [5.41, 5.74) is 2.14. The van der Waals surface area contributed by atoms with Crippen molar-refractivity contribution >= 4 is 0 Å². The van der Waals surface area contributed by atoms with Crippen LogP contribution in [0.3, 0.4) is 0 Å². The highest BCUT2D eigenvalue weighted by atomic mass is 16.7. The van der Waals surface area contributed by atoms with Crippen molar-refractivity contribution in [3.05, 3.63) is 47.5 Å². The van der Waals surface area contributed by atoms with Gasteiger partial charge in [-0.1, -0.05) is 42.0 Å². The van der Waals surface area contributed by atoms with Crippen LogP contribution >= 0.6 is 0 Å². The summed E-state index contributed by atoms with van der Waals surface area (Å²) in [7, 11) is 0. The van der Waals surface area contributed by atoms with Gasteiger partial charge in [0, 0.05) is 0 Å². The molecule has 0 spiro atoms. The topological polar surface area (TPSA) is 38.7 Å². The number of ether oxygens (including phenoxy) is 2. The van der Waals surface area contributed by atoms with Crippen LogP contribution < -0.4 is 0 Å². The van der Waals surface area contributed by atoms with E-state index in [-0.39, 0.29) is 6.10 Å². The van der Waals surface area contributed by atoms with Crippen LogP contribution in [0.25, 0.3) is 0 Å². The SMILES string of the molecule is C/C(=C/C[C@H]1COC(C)(C)O1)C[C@H](O)c1ccccc1. The third kappa shape index (κ3) is 4.44. The first-order valence-corrected chi connectivity index (χ1v) is 7.17. The number of aliphatic hydroxyl groups is 1. The second kappa shape index (κ2) is 6.53. The third-order valence-corrected chi connectivity index (χ3v) is 3.50. The van der Waals surface area contributed by atoms with Crippen LogP contribution in [0.15, 0.2) is 42.0 Å². The number of benzene rings is 1. The van der Waals surface area contributed by atoms with E-state index >= 15 is 0 Å². The lowest BCUT2D eigenvalue weighted by Gasteiger charge is -2.16. The Hall–Kier alpha value is -1.16. The van der Waals surface area contributed by atoms with E-state index in [1.165, 1.54) is 5.57 Å². The van der Waals surface area contributed by atoms with Crippen LogP contribution in [0.5, 0.6) is 0 Å². The Morgan fingerprint density at radius 3 is 2.70 bits per heavy atom. The van der Waals surface area contributed by atoms with Crippen molar-refractivity contribution in [1.82, 2.24) is 0 Å². The van der Waals surface area contributed by atoms with Crippen molar-refractivity contribution in [3.63, 3.8) is 0 Å². The molecule has 2 rings (SSSR count). The summed E-state index contributed by atoms with van der Waals surface area (Å²) >= 11 is 0. The van der Waals surface area contributed by atoms with Crippen LogP contribution in [0.4, 0.5) is 0 Å². The van der Waals surface area contributed by atoms with E-state index in [0.29, 0.717) is 13.0 Å². The Morgan fingerprint density at radius 1 is 1.40 bits per heavy atom. The molecule has 110 valence electrons. The molecule has 0 unspecified atom stereocenters. The predicted molar refractivity (Wildman–Crippen MR) is 79.3 cm³/mol. The zero-order chi connectivity index (χ0) is 14.6. The highest BCUT2D eigenvalue weighted by Crippen LogP contribution is 2.26. The molecule has 3 nitrogen and oxygen atoms in total. The van der Waals surface area contributed by atoms with Crippen LogP contribution in [-0.2, 0) is 9.47 Å². The number of hydrogen-bond donors (Lipinski definition) is 1. The van der Waals surface area contributed by atoms with Gasteiger partial charge in [-0.2, -0.15) is 0 Å². The largest absolute Gasteiger partial charge is 0.388 e. The molecule has 1 N–H and O–H groups in total. The van der Waals surface area contributed by atoms with E-state index in [2.05, 4.69) is 6.08 Å². The summed E-state index contributed by atoms with van der Waals surface area (Å²) in [6.07, 6.45) is 3.30. The number of hydrogen-bond acceptors (Lipinski definition) is 3. The summed E-state index contributed by atoms with van der Waals surface area (Å²) in [6.45, 7) is 6.55. The zero-order valence-corrected chi connectivity index (χ0v) is 12.5. The monoisotopic (exact) mass is 276 g/mol. The fourth-order valence-corrected chi connectivity index (χ4v) is 2.39. The van der Waals surface area contributed by atoms with Gasteiger partial charge in [-0.3, -0.25) is 0 Å². The first kappa shape index (κ1) is 15.2. The summed E-state index contributed by atoms with van der Waals surface area (Å²) in [5.74, 6) is -0.462. The Bertz CT molecular complexity index is 451. The molecule has 0 aliphatic carbocycles. The predicted octanol–water partition coefficient (Wildman–Crippen LogP) is 3.60. The fraction of sp³-hybridized carbons (Fsp3) is 0.529. The average molecular weight is 276 g/mol. The Balaban J connectivity index is 1.83. The van der Waals surface area contributed by atoms with Crippen LogP contribution in [0.1, 0.15) is 45.3 Å². The van der Waals surface area contributed by atoms with Crippen molar-refractivity contribution in [2.45, 2.75) is 51.6 Å². The molecular weight excluding hydrogens is 252 g/mol. The van der Waals surface area contributed by atoms with Crippen molar-refractivity contribution < 1.29 is 14.6 Å². The Morgan fingerprint density at radius 2 is 2.10 bits per heavy atom. The minimum atomic E-state index is -0.462. The first-order valence-electron chi connectivity index (χ1n) is 7.17. The quantitative estimate of drug-likeness (QED) is 0.835. The standard InChI is InChI=1S/C17H24O3/c1-13(9-10-15-12-19-17(2,3)20-15)11-16(18)14-7-5-4-6-8-14/h4-9,15-16,18H,10-12H2,1-3H3/b13-9-/t15-,16-/m0/s1. The lowest BCUT2D eigenvalue weighted by molar-refractivity contribution is -0.137. The summed E-state index contributed by atoms with van der Waals surface area (Å²) < 4.78 is 11.3. The van der Waals surface area contributed by atoms with Crippen LogP contribution in [0.2, 0.25) is 0 Å². The smallest absolute Gasteiger partial charge is 0.163 e. The lowest BCUT2D eigenvalue weighted by atomic mass is 10.0. The van der Waals surface area contributed by atoms with Crippen molar-refractivity contribution in [3.8, 4) is 0 Å². The normalized spacial score (nSPS) is 23.8. The maximum atomic E-state index is 10.2. The van der Waals surface area contributed by atoms with Crippen LogP contribution in [0, 0.1) is 0 Å². The van der Waals surface area contributed by atoms with Crippen molar-refractivity contribution in [2.24, 2.45) is 0 Å². The molecule has 1 fully saturated rings. The van der Waals surface area contributed by atoms with E-state index in [1.807, 2.05) is 51.1 Å². The number of aliphatic hydroxyl groups excluding tert-OH is 1. The minimum absolute atomic E-state index is 0.119. The summed E-state index contributed by atoms with van der Waals surface area (Å²) in [4.78, 5) is 0. The van der Waals surface area contributed by atoms with Gasteiger partial charge in [-0.15, -0.1) is 0 Å². The Labute approximate surface area is 121 Å². The summed E-state index contributed by atoms with van der Waals surface area (Å²) in [5, 5.41) is 10.2. The molecular formula is C17H24O3. The van der Waals surface area contributed by atoms with E-state index < -0.39 is 11.9 Å². The minimum Gasteiger partial charge on any atom is -0.388 e. The molecule has 0 radical (unpaired) electrons. The number of rotatable bonds is 5. The molecule has 1 aliphatic heterocycles. The first-order chi connectivity index (χ1) is 9.46. The highest BCUT2D eigenvalue weighted by molar-refractivity contribution is 5.19. The van der Waals surface area contributed by atoms with Gasteiger partial charge in [-0.05, 0) is 39.2 Å². The average Bonchev–Trinajstić information content (AvgIpc) is 2.77. The zero-order valence-electron chi connectivity index (χ0n) is 12.5. The van der Waals surface area contributed by atoms with Crippen molar-refractivity contribution in [2.75, 3.05) is 6.61 Å². The van der Waals surface area contributed by atoms with Gasteiger partial charge < -0.3 is 14.6 Å². The van der Waals surface area contributed by atoms with Gasteiger partial charge >= 0.3 is 0 Å². The molecule has 20 heavy (non-hydrogen) atoms. The van der Waals surface area contributed by atoms with Gasteiger partial charge in [0.15, 0.2) is 5.79 Å². The second-order valence-electron chi connectivity index (χ2n) is 5.87. The molecule has 1 aromatic rings. The molecule has 1 aliphatic rings. The lowest BCUT2D eigenvalue weighted by Crippen LogP contribution is -2.21. The van der Waals surface area contributed by atoms with E-state index in [9.17, 15) is 5.11 Å². The van der Waals surface area contributed by atoms with Gasteiger partial charge in [0.1, 0.15) is 0 Å².